The molecule has 2 rings (SSSR count). The van der Waals surface area contributed by atoms with Gasteiger partial charge in [-0.15, -0.1) is 12.4 Å². The van der Waals surface area contributed by atoms with Crippen LogP contribution in [-0.4, -0.2) is 19.1 Å². The number of amides is 1. The van der Waals surface area contributed by atoms with Crippen molar-refractivity contribution in [2.24, 2.45) is 5.73 Å². The Hall–Kier alpha value is -1.75. The molecule has 0 aliphatic heterocycles. The molecule has 0 saturated carbocycles. The number of benzene rings is 2. The molecule has 1 amide bonds. The maximum absolute atomic E-state index is 12.4. The second-order valence-electron chi connectivity index (χ2n) is 5.22. The Morgan fingerprint density at radius 1 is 1.25 bits per heavy atom. The smallest absolute Gasteiger partial charge is 0.255 e. The molecule has 2 aromatic carbocycles. The van der Waals surface area contributed by atoms with E-state index in [2.05, 4.69) is 5.32 Å². The van der Waals surface area contributed by atoms with Gasteiger partial charge in [0.15, 0.2) is 0 Å². The third-order valence-corrected chi connectivity index (χ3v) is 3.59. The Morgan fingerprint density at radius 3 is 2.62 bits per heavy atom. The number of hydrogen-bond donors (Lipinski definition) is 2. The van der Waals surface area contributed by atoms with Crippen molar-refractivity contribution in [2.75, 3.05) is 13.2 Å². The zero-order valence-electron chi connectivity index (χ0n) is 13.5. The third kappa shape index (κ3) is 5.71. The maximum atomic E-state index is 12.4. The lowest BCUT2D eigenvalue weighted by Crippen LogP contribution is -2.32. The van der Waals surface area contributed by atoms with Gasteiger partial charge in [0, 0.05) is 17.6 Å². The summed E-state index contributed by atoms with van der Waals surface area (Å²) < 4.78 is 5.60. The van der Waals surface area contributed by atoms with Crippen LogP contribution in [-0.2, 0) is 0 Å². The fourth-order valence-corrected chi connectivity index (χ4v) is 2.31. The first-order valence-electron chi connectivity index (χ1n) is 7.63. The lowest BCUT2D eigenvalue weighted by Gasteiger charge is -2.15. The topological polar surface area (TPSA) is 64.3 Å². The molecule has 6 heteroatoms. The number of nitrogens with two attached hydrogens (primary N) is 1. The van der Waals surface area contributed by atoms with Gasteiger partial charge in [0.2, 0.25) is 0 Å². The molecular weight excluding hydrogens is 347 g/mol. The summed E-state index contributed by atoms with van der Waals surface area (Å²) in [6, 6.07) is 14.4. The highest BCUT2D eigenvalue weighted by molar-refractivity contribution is 6.31. The summed E-state index contributed by atoms with van der Waals surface area (Å²) in [4.78, 5) is 12.4. The molecule has 0 aliphatic carbocycles. The first-order chi connectivity index (χ1) is 11.1. The lowest BCUT2D eigenvalue weighted by molar-refractivity contribution is 0.0947. The lowest BCUT2D eigenvalue weighted by atomic mass is 10.1. The van der Waals surface area contributed by atoms with Crippen LogP contribution in [0.1, 0.15) is 35.3 Å². The van der Waals surface area contributed by atoms with E-state index in [0.717, 1.165) is 12.0 Å². The molecule has 0 aliphatic rings. The van der Waals surface area contributed by atoms with Gasteiger partial charge in [-0.3, -0.25) is 4.79 Å². The van der Waals surface area contributed by atoms with Crippen LogP contribution in [0, 0.1) is 0 Å². The Kier molecular flexibility index (Phi) is 8.61. The molecule has 3 N–H and O–H groups in total. The van der Waals surface area contributed by atoms with Crippen molar-refractivity contribution in [1.82, 2.24) is 5.32 Å². The number of hydrogen-bond acceptors (Lipinski definition) is 3. The molecule has 0 heterocycles. The Bertz CT molecular complexity index is 651. The molecule has 0 radical (unpaired) electrons. The first-order valence-corrected chi connectivity index (χ1v) is 8.00. The molecule has 1 unspecified atom stereocenters. The number of carbonyl (C=O) groups is 1. The van der Waals surface area contributed by atoms with Gasteiger partial charge in [-0.25, -0.2) is 0 Å². The molecule has 4 nitrogen and oxygen atoms in total. The average molecular weight is 369 g/mol. The van der Waals surface area contributed by atoms with E-state index in [1.165, 1.54) is 0 Å². The Labute approximate surface area is 153 Å². The second-order valence-corrected chi connectivity index (χ2v) is 5.65. The van der Waals surface area contributed by atoms with Crippen LogP contribution in [0.3, 0.4) is 0 Å². The number of halogens is 2. The number of ether oxygens (including phenoxy) is 1. The van der Waals surface area contributed by atoms with Crippen LogP contribution in [0.25, 0.3) is 0 Å². The molecule has 130 valence electrons. The van der Waals surface area contributed by atoms with Gasteiger partial charge in [-0.05, 0) is 30.2 Å². The third-order valence-electron chi connectivity index (χ3n) is 3.36. The number of rotatable bonds is 7. The second kappa shape index (κ2) is 10.2. The van der Waals surface area contributed by atoms with Gasteiger partial charge < -0.3 is 15.8 Å². The summed E-state index contributed by atoms with van der Waals surface area (Å²) in [7, 11) is 0. The minimum absolute atomic E-state index is 0. The number of nitrogens with one attached hydrogen (secondary N) is 1. The predicted molar refractivity (Wildman–Crippen MR) is 100 cm³/mol. The molecular formula is C18H22Cl2N2O2. The van der Waals surface area contributed by atoms with Crippen molar-refractivity contribution in [3.8, 4) is 5.75 Å². The molecule has 1 atom stereocenters. The van der Waals surface area contributed by atoms with Crippen molar-refractivity contribution >= 4 is 29.9 Å². The van der Waals surface area contributed by atoms with Crippen LogP contribution in [0.4, 0.5) is 0 Å². The van der Waals surface area contributed by atoms with Gasteiger partial charge in [0.1, 0.15) is 5.75 Å². The summed E-state index contributed by atoms with van der Waals surface area (Å²) in [5, 5.41) is 3.33. The van der Waals surface area contributed by atoms with Gasteiger partial charge >= 0.3 is 0 Å². The van der Waals surface area contributed by atoms with Crippen molar-refractivity contribution in [3.63, 3.8) is 0 Å². The van der Waals surface area contributed by atoms with Crippen LogP contribution >= 0.6 is 24.0 Å². The standard InChI is InChI=1S/C18H21ClN2O2.ClH/c1-2-10-23-17-9-8-14(19)11-15(17)18(22)21-12-16(20)13-6-4-3-5-7-13;/h3-9,11,16H,2,10,12,20H2,1H3,(H,21,22);1H. The fraction of sp³-hybridized carbons (Fsp3) is 0.278. The quantitative estimate of drug-likeness (QED) is 0.776. The van der Waals surface area contributed by atoms with Crippen molar-refractivity contribution in [1.29, 1.82) is 0 Å². The van der Waals surface area contributed by atoms with Gasteiger partial charge in [0.25, 0.3) is 5.91 Å². The summed E-state index contributed by atoms with van der Waals surface area (Å²) in [6.07, 6.45) is 0.864. The number of carbonyl (C=O) groups excluding carboxylic acids is 1. The molecule has 0 aromatic heterocycles. The monoisotopic (exact) mass is 368 g/mol. The summed E-state index contributed by atoms with van der Waals surface area (Å²) in [6.45, 7) is 2.89. The van der Waals surface area contributed by atoms with Crippen LogP contribution in [0.15, 0.2) is 48.5 Å². The van der Waals surface area contributed by atoms with Crippen molar-refractivity contribution in [2.45, 2.75) is 19.4 Å². The van der Waals surface area contributed by atoms with Crippen molar-refractivity contribution in [3.05, 3.63) is 64.7 Å². The van der Waals surface area contributed by atoms with Gasteiger partial charge in [-0.2, -0.15) is 0 Å². The summed E-state index contributed by atoms with van der Waals surface area (Å²) in [5.74, 6) is 0.284. The largest absolute Gasteiger partial charge is 0.493 e. The van der Waals surface area contributed by atoms with E-state index >= 15 is 0 Å². The minimum Gasteiger partial charge on any atom is -0.493 e. The zero-order chi connectivity index (χ0) is 16.7. The molecule has 2 aromatic rings. The van der Waals surface area contributed by atoms with E-state index in [1.807, 2.05) is 37.3 Å². The minimum atomic E-state index is -0.264. The fourth-order valence-electron chi connectivity index (χ4n) is 2.13. The first kappa shape index (κ1) is 20.3. The van der Waals surface area contributed by atoms with Gasteiger partial charge in [-0.1, -0.05) is 48.9 Å². The highest BCUT2D eigenvalue weighted by Crippen LogP contribution is 2.23. The molecule has 0 fully saturated rings. The van der Waals surface area contributed by atoms with Crippen LogP contribution in [0.2, 0.25) is 5.02 Å². The summed E-state index contributed by atoms with van der Waals surface area (Å²) >= 11 is 5.99. The van der Waals surface area contributed by atoms with E-state index in [-0.39, 0.29) is 24.4 Å². The predicted octanol–water partition coefficient (Wildman–Crippen LogP) is 3.98. The van der Waals surface area contributed by atoms with E-state index in [4.69, 9.17) is 22.1 Å². The van der Waals surface area contributed by atoms with E-state index < -0.39 is 0 Å². The van der Waals surface area contributed by atoms with Crippen LogP contribution in [0.5, 0.6) is 5.75 Å². The Balaban J connectivity index is 0.00000288. The molecule has 0 saturated heterocycles. The van der Waals surface area contributed by atoms with E-state index in [0.29, 0.717) is 29.5 Å². The Morgan fingerprint density at radius 2 is 1.96 bits per heavy atom. The highest BCUT2D eigenvalue weighted by Gasteiger charge is 2.15. The normalized spacial score (nSPS) is 11.3. The van der Waals surface area contributed by atoms with E-state index in [9.17, 15) is 4.79 Å². The maximum Gasteiger partial charge on any atom is 0.255 e. The molecule has 24 heavy (non-hydrogen) atoms. The highest BCUT2D eigenvalue weighted by atomic mass is 35.5. The average Bonchev–Trinajstić information content (AvgIpc) is 2.59. The molecule has 0 spiro atoms. The van der Waals surface area contributed by atoms with E-state index in [1.54, 1.807) is 18.2 Å². The summed E-state index contributed by atoms with van der Waals surface area (Å²) in [5.41, 5.74) is 7.49. The zero-order valence-corrected chi connectivity index (χ0v) is 15.1. The van der Waals surface area contributed by atoms with Crippen LogP contribution < -0.4 is 15.8 Å². The molecule has 0 bridgehead atoms. The van der Waals surface area contributed by atoms with Gasteiger partial charge in [0.05, 0.1) is 12.2 Å². The van der Waals surface area contributed by atoms with Crippen molar-refractivity contribution < 1.29 is 9.53 Å². The SMILES string of the molecule is CCCOc1ccc(Cl)cc1C(=O)NCC(N)c1ccccc1.Cl.